The van der Waals surface area contributed by atoms with Crippen molar-refractivity contribution in [3.63, 3.8) is 0 Å². The number of hydrogen-bond donors (Lipinski definition) is 0. The molecule has 0 fully saturated rings. The normalized spacial score (nSPS) is 11.9. The van der Waals surface area contributed by atoms with Crippen LogP contribution in [0.2, 0.25) is 0 Å². The minimum Gasteiger partial charge on any atom is -0.290 e. The van der Waals surface area contributed by atoms with Gasteiger partial charge in [-0.2, -0.15) is 13.2 Å². The molecule has 1 nitrogen and oxygen atoms in total. The molecule has 1 atom stereocenters. The van der Waals surface area contributed by atoms with Gasteiger partial charge in [-0.05, 0) is 17.4 Å². The topological polar surface area (TPSA) is 17.1 Å². The molecule has 18 heavy (non-hydrogen) atoms. The smallest absolute Gasteiger partial charge is 0.290 e. The number of carbonyl (C=O) groups is 1. The zero-order valence-corrected chi connectivity index (χ0v) is 9.29. The number of hydrogen-bond acceptors (Lipinski definition) is 1. The van der Waals surface area contributed by atoms with E-state index < -0.39 is 24.3 Å². The van der Waals surface area contributed by atoms with E-state index in [2.05, 4.69) is 11.8 Å². The first kappa shape index (κ1) is 13.9. The number of carbonyl (C=O) groups excluding carboxylic acids is 1. The maximum absolute atomic E-state index is 12.2. The van der Waals surface area contributed by atoms with E-state index in [1.54, 1.807) is 30.3 Å². The average Bonchev–Trinajstić information content (AvgIpc) is 2.34. The maximum atomic E-state index is 12.2. The molecule has 1 aromatic rings. The van der Waals surface area contributed by atoms with Crippen molar-refractivity contribution in [1.82, 2.24) is 0 Å². The molecule has 0 saturated heterocycles. The molecule has 0 aliphatic rings. The van der Waals surface area contributed by atoms with Crippen LogP contribution in [0.25, 0.3) is 0 Å². The summed E-state index contributed by atoms with van der Waals surface area (Å²) in [5, 5.41) is 0. The number of halogens is 3. The first-order valence-electron chi connectivity index (χ1n) is 5.06. The number of Topliss-reactive ketones (excluding diaryl/α,β-unsaturated/α-hetero) is 1. The van der Waals surface area contributed by atoms with Crippen LogP contribution in [0.1, 0.15) is 17.9 Å². The first-order valence-corrected chi connectivity index (χ1v) is 5.06. The van der Waals surface area contributed by atoms with Crippen molar-refractivity contribution >= 4 is 5.78 Å². The van der Waals surface area contributed by atoms with Crippen molar-refractivity contribution in [2.75, 3.05) is 0 Å². The number of rotatable bonds is 3. The highest BCUT2D eigenvalue weighted by molar-refractivity contribution is 5.85. The monoisotopic (exact) mass is 250 g/mol. The van der Waals surface area contributed by atoms with Gasteiger partial charge in [0.25, 0.3) is 0 Å². The van der Waals surface area contributed by atoms with Crippen molar-refractivity contribution in [2.45, 2.75) is 18.5 Å². The predicted octanol–water partition coefficient (Wildman–Crippen LogP) is 2.93. The Morgan fingerprint density at radius 3 is 2.39 bits per heavy atom. The third-order valence-electron chi connectivity index (χ3n) is 2.23. The van der Waals surface area contributed by atoms with Gasteiger partial charge in [0.1, 0.15) is 0 Å². The van der Waals surface area contributed by atoms with Gasteiger partial charge in [-0.25, -0.2) is 0 Å². The van der Waals surface area contributed by atoms with Crippen LogP contribution < -0.4 is 0 Å². The lowest BCUT2D eigenvalue weighted by molar-refractivity contribution is -0.171. The van der Waals surface area contributed by atoms with E-state index in [0.29, 0.717) is 5.56 Å². The van der Waals surface area contributed by atoms with Crippen LogP contribution in [0.3, 0.4) is 0 Å². The standard InChI is InChI=1S/C14H9F3O/c1-2-3-7-12(10-13(18)14(15,16)17)11-8-5-4-6-9-11/h1,4-6,8-9,12H,10H2/t12-/m1/s1. The summed E-state index contributed by atoms with van der Waals surface area (Å²) in [5.74, 6) is 4.13. The van der Waals surface area contributed by atoms with Gasteiger partial charge < -0.3 is 0 Å². The molecular formula is C14H9F3O. The zero-order valence-electron chi connectivity index (χ0n) is 9.29. The van der Waals surface area contributed by atoms with E-state index in [-0.39, 0.29) is 0 Å². The third kappa shape index (κ3) is 3.99. The Kier molecular flexibility index (Phi) is 4.57. The summed E-state index contributed by atoms with van der Waals surface area (Å²) in [6, 6.07) is 8.27. The van der Waals surface area contributed by atoms with Crippen LogP contribution in [-0.2, 0) is 4.79 Å². The van der Waals surface area contributed by atoms with E-state index in [9.17, 15) is 18.0 Å². The summed E-state index contributed by atoms with van der Waals surface area (Å²) in [6.07, 6.45) is -0.622. The van der Waals surface area contributed by atoms with Gasteiger partial charge in [-0.15, -0.1) is 6.42 Å². The molecule has 0 spiro atoms. The largest absolute Gasteiger partial charge is 0.450 e. The molecule has 0 aliphatic heterocycles. The van der Waals surface area contributed by atoms with Gasteiger partial charge in [-0.3, -0.25) is 4.79 Å². The Labute approximate surface area is 103 Å². The van der Waals surface area contributed by atoms with Gasteiger partial charge in [0.05, 0.1) is 5.92 Å². The van der Waals surface area contributed by atoms with Crippen LogP contribution in [0.5, 0.6) is 0 Å². The molecule has 0 amide bonds. The molecule has 0 N–H and O–H groups in total. The second kappa shape index (κ2) is 5.93. The molecule has 0 unspecified atom stereocenters. The molecule has 0 heterocycles. The summed E-state index contributed by atoms with van der Waals surface area (Å²) in [4.78, 5) is 11.0. The van der Waals surface area contributed by atoms with Crippen molar-refractivity contribution in [1.29, 1.82) is 0 Å². The van der Waals surface area contributed by atoms with Gasteiger partial charge in [-0.1, -0.05) is 36.3 Å². The quantitative estimate of drug-likeness (QED) is 0.754. The minimum absolute atomic E-state index is 0.540. The van der Waals surface area contributed by atoms with E-state index >= 15 is 0 Å². The lowest BCUT2D eigenvalue weighted by Gasteiger charge is -2.11. The van der Waals surface area contributed by atoms with E-state index in [1.807, 2.05) is 5.92 Å². The highest BCUT2D eigenvalue weighted by Crippen LogP contribution is 2.25. The van der Waals surface area contributed by atoms with Crippen molar-refractivity contribution < 1.29 is 18.0 Å². The fourth-order valence-corrected chi connectivity index (χ4v) is 1.37. The maximum Gasteiger partial charge on any atom is 0.450 e. The van der Waals surface area contributed by atoms with E-state index in [4.69, 9.17) is 6.42 Å². The molecule has 0 saturated carbocycles. The van der Waals surface area contributed by atoms with Crippen LogP contribution in [0.4, 0.5) is 13.2 Å². The molecule has 0 bridgehead atoms. The average molecular weight is 250 g/mol. The highest BCUT2D eigenvalue weighted by atomic mass is 19.4. The van der Waals surface area contributed by atoms with Crippen molar-refractivity contribution in [3.05, 3.63) is 35.9 Å². The molecule has 4 heteroatoms. The summed E-state index contributed by atoms with van der Waals surface area (Å²) < 4.78 is 36.6. The number of benzene rings is 1. The van der Waals surface area contributed by atoms with Crippen LogP contribution in [-0.4, -0.2) is 12.0 Å². The predicted molar refractivity (Wildman–Crippen MR) is 61.5 cm³/mol. The Morgan fingerprint density at radius 2 is 1.89 bits per heavy atom. The molecule has 1 aromatic carbocycles. The van der Waals surface area contributed by atoms with E-state index in [1.165, 1.54) is 0 Å². The molecule has 1 rings (SSSR count). The number of alkyl halides is 3. The van der Waals surface area contributed by atoms with Gasteiger partial charge in [0.15, 0.2) is 0 Å². The molecule has 0 aromatic heterocycles. The number of terminal acetylenes is 1. The lowest BCUT2D eigenvalue weighted by Crippen LogP contribution is -2.24. The Balaban J connectivity index is 2.95. The highest BCUT2D eigenvalue weighted by Gasteiger charge is 2.39. The summed E-state index contributed by atoms with van der Waals surface area (Å²) in [5.41, 5.74) is 0.540. The van der Waals surface area contributed by atoms with Crippen LogP contribution >= 0.6 is 0 Å². The first-order chi connectivity index (χ1) is 8.45. The van der Waals surface area contributed by atoms with E-state index in [0.717, 1.165) is 0 Å². The molecule has 92 valence electrons. The Morgan fingerprint density at radius 1 is 1.28 bits per heavy atom. The third-order valence-corrected chi connectivity index (χ3v) is 2.23. The zero-order chi connectivity index (χ0) is 13.6. The fraction of sp³-hybridized carbons (Fsp3) is 0.214. The Hall–Kier alpha value is -2.20. The Bertz CT molecular complexity index is 512. The van der Waals surface area contributed by atoms with Gasteiger partial charge >= 0.3 is 6.18 Å². The lowest BCUT2D eigenvalue weighted by atomic mass is 9.94. The summed E-state index contributed by atoms with van der Waals surface area (Å²) >= 11 is 0. The van der Waals surface area contributed by atoms with Crippen LogP contribution in [0, 0.1) is 24.2 Å². The number of ketones is 1. The van der Waals surface area contributed by atoms with Crippen molar-refractivity contribution in [2.24, 2.45) is 0 Å². The fourth-order valence-electron chi connectivity index (χ4n) is 1.37. The molecule has 0 aliphatic carbocycles. The second-order valence-electron chi connectivity index (χ2n) is 3.50. The summed E-state index contributed by atoms with van der Waals surface area (Å²) in [6.45, 7) is 0. The second-order valence-corrected chi connectivity index (χ2v) is 3.50. The van der Waals surface area contributed by atoms with Gasteiger partial charge in [0.2, 0.25) is 5.78 Å². The molecule has 0 radical (unpaired) electrons. The van der Waals surface area contributed by atoms with Crippen LogP contribution in [0.15, 0.2) is 30.3 Å². The SMILES string of the molecule is C#CC#C[C@H](CC(=O)C(F)(F)F)c1ccccc1. The van der Waals surface area contributed by atoms with Crippen molar-refractivity contribution in [3.8, 4) is 24.2 Å². The molecular weight excluding hydrogens is 241 g/mol. The minimum atomic E-state index is -4.84. The van der Waals surface area contributed by atoms with Gasteiger partial charge in [0, 0.05) is 6.42 Å². The summed E-state index contributed by atoms with van der Waals surface area (Å²) in [7, 11) is 0.